The van der Waals surface area contributed by atoms with Crippen molar-refractivity contribution in [3.63, 3.8) is 0 Å². The number of aliphatic hydroxyl groups is 1. The fourth-order valence-corrected chi connectivity index (χ4v) is 3.38. The summed E-state index contributed by atoms with van der Waals surface area (Å²) in [6.07, 6.45) is 7.74. The van der Waals surface area contributed by atoms with Gasteiger partial charge in [-0.05, 0) is 30.7 Å². The van der Waals surface area contributed by atoms with Crippen molar-refractivity contribution in [3.05, 3.63) is 83.8 Å². The Hall–Kier alpha value is -3.63. The zero-order valence-electron chi connectivity index (χ0n) is 16.1. The number of aliphatic hydroxyl groups excluding tert-OH is 1. The van der Waals surface area contributed by atoms with E-state index >= 15 is 0 Å². The zero-order valence-corrected chi connectivity index (χ0v) is 16.1. The van der Waals surface area contributed by atoms with Crippen LogP contribution in [0.1, 0.15) is 28.9 Å². The van der Waals surface area contributed by atoms with Crippen molar-refractivity contribution in [1.29, 1.82) is 0 Å². The van der Waals surface area contributed by atoms with E-state index in [4.69, 9.17) is 0 Å². The number of aryl methyl sites for hydroxylation is 1. The molecule has 0 aliphatic heterocycles. The minimum absolute atomic E-state index is 0.178. The highest BCUT2D eigenvalue weighted by molar-refractivity contribution is 5.55. The largest absolute Gasteiger partial charge is 0.373 e. The number of hydrogen-bond acceptors (Lipinski definition) is 6. The summed E-state index contributed by atoms with van der Waals surface area (Å²) in [6.45, 7) is 2.31. The van der Waals surface area contributed by atoms with E-state index < -0.39 is 6.23 Å². The van der Waals surface area contributed by atoms with Crippen molar-refractivity contribution >= 4 is 11.2 Å². The van der Waals surface area contributed by atoms with Crippen molar-refractivity contribution in [2.75, 3.05) is 0 Å². The maximum absolute atomic E-state index is 14.4. The molecule has 5 aromatic heterocycles. The van der Waals surface area contributed by atoms with Gasteiger partial charge >= 0.3 is 0 Å². The van der Waals surface area contributed by atoms with Gasteiger partial charge in [-0.2, -0.15) is 0 Å². The summed E-state index contributed by atoms with van der Waals surface area (Å²) in [5.74, 6) is -0.320. The Bertz CT molecular complexity index is 1300. The first kappa shape index (κ1) is 18.4. The predicted octanol–water partition coefficient (Wildman–Crippen LogP) is 1.85. The molecule has 0 radical (unpaired) electrons. The summed E-state index contributed by atoms with van der Waals surface area (Å²) in [4.78, 5) is 8.77. The van der Waals surface area contributed by atoms with Crippen LogP contribution >= 0.6 is 0 Å². The summed E-state index contributed by atoms with van der Waals surface area (Å²) >= 11 is 0. The van der Waals surface area contributed by atoms with E-state index in [9.17, 15) is 9.50 Å². The molecule has 5 aromatic rings. The number of nitrogens with zero attached hydrogens (tertiary/aromatic N) is 7. The first-order chi connectivity index (χ1) is 14.6. The van der Waals surface area contributed by atoms with Gasteiger partial charge in [0.05, 0.1) is 30.5 Å². The lowest BCUT2D eigenvalue weighted by Gasteiger charge is -2.09. The molecule has 152 valence electrons. The minimum atomic E-state index is -1.07. The molecule has 0 spiro atoms. The number of halogens is 1. The molecule has 30 heavy (non-hydrogen) atoms. The lowest BCUT2D eigenvalue weighted by Crippen LogP contribution is -2.21. The summed E-state index contributed by atoms with van der Waals surface area (Å²) in [5, 5.41) is 21.4. The monoisotopic (exact) mass is 406 g/mol. The normalized spacial score (nSPS) is 12.8. The fourth-order valence-electron chi connectivity index (χ4n) is 3.38. The number of hydrogen-bond donors (Lipinski definition) is 2. The molecule has 10 heteroatoms. The van der Waals surface area contributed by atoms with E-state index in [0.29, 0.717) is 29.0 Å². The van der Waals surface area contributed by atoms with Crippen molar-refractivity contribution in [2.24, 2.45) is 0 Å². The Morgan fingerprint density at radius 2 is 2.07 bits per heavy atom. The molecule has 0 aromatic carbocycles. The zero-order chi connectivity index (χ0) is 20.7. The average molecular weight is 406 g/mol. The maximum Gasteiger partial charge on any atom is 0.152 e. The number of pyridine rings is 2. The standard InChI is InChI=1S/C20H19FN8O/c1-13-5-7-28-12-23-15(19(28)18(13)21)8-22-20(30)16-11-29(26-25-16)10-14-9-27-6-3-2-4-17(27)24-14/h2-7,9,11-12,20,22,30H,8,10H2,1H3. The van der Waals surface area contributed by atoms with Crippen LogP contribution < -0.4 is 5.32 Å². The van der Waals surface area contributed by atoms with Crippen molar-refractivity contribution in [1.82, 2.24) is 39.1 Å². The summed E-state index contributed by atoms with van der Waals surface area (Å²) in [5.41, 5.74) is 3.48. The van der Waals surface area contributed by atoms with Gasteiger partial charge in [0.1, 0.15) is 16.9 Å². The summed E-state index contributed by atoms with van der Waals surface area (Å²) < 4.78 is 19.6. The second-order valence-corrected chi connectivity index (χ2v) is 7.08. The maximum atomic E-state index is 14.4. The molecule has 0 aliphatic rings. The smallest absolute Gasteiger partial charge is 0.152 e. The third kappa shape index (κ3) is 3.31. The highest BCUT2D eigenvalue weighted by Gasteiger charge is 2.16. The first-order valence-corrected chi connectivity index (χ1v) is 9.43. The lowest BCUT2D eigenvalue weighted by molar-refractivity contribution is 0.132. The molecule has 1 unspecified atom stereocenters. The number of imidazole rings is 2. The van der Waals surface area contributed by atoms with Gasteiger partial charge < -0.3 is 13.9 Å². The van der Waals surface area contributed by atoms with Crippen LogP contribution in [0.15, 0.2) is 55.4 Å². The van der Waals surface area contributed by atoms with E-state index in [1.807, 2.05) is 35.0 Å². The molecule has 0 aliphatic carbocycles. The number of nitrogens with one attached hydrogen (secondary N) is 1. The van der Waals surface area contributed by atoms with Gasteiger partial charge in [-0.1, -0.05) is 11.3 Å². The predicted molar refractivity (Wildman–Crippen MR) is 106 cm³/mol. The Kier molecular flexibility index (Phi) is 4.49. The van der Waals surface area contributed by atoms with Gasteiger partial charge in [-0.15, -0.1) is 5.10 Å². The van der Waals surface area contributed by atoms with E-state index in [1.165, 1.54) is 0 Å². The van der Waals surface area contributed by atoms with Gasteiger partial charge in [-0.25, -0.2) is 19.0 Å². The average Bonchev–Trinajstić information content (AvgIpc) is 3.47. The molecule has 0 bridgehead atoms. The lowest BCUT2D eigenvalue weighted by atomic mass is 10.2. The van der Waals surface area contributed by atoms with Gasteiger partial charge in [0.25, 0.3) is 0 Å². The third-order valence-corrected chi connectivity index (χ3v) is 4.95. The van der Waals surface area contributed by atoms with Crippen molar-refractivity contribution in [3.8, 4) is 0 Å². The summed E-state index contributed by atoms with van der Waals surface area (Å²) in [6, 6.07) is 7.48. The van der Waals surface area contributed by atoms with Crippen molar-refractivity contribution in [2.45, 2.75) is 26.2 Å². The third-order valence-electron chi connectivity index (χ3n) is 4.95. The SMILES string of the molecule is Cc1ccn2cnc(CNC(O)c3cn(Cc4cn5ccccc5n4)nn3)c2c1F. The number of fused-ring (bicyclic) bond motifs is 2. The summed E-state index contributed by atoms with van der Waals surface area (Å²) in [7, 11) is 0. The Balaban J connectivity index is 1.28. The molecule has 0 fully saturated rings. The van der Waals surface area contributed by atoms with E-state index in [1.54, 1.807) is 40.8 Å². The van der Waals surface area contributed by atoms with Crippen LogP contribution in [0.5, 0.6) is 0 Å². The molecule has 5 rings (SSSR count). The molecule has 0 amide bonds. The van der Waals surface area contributed by atoms with E-state index in [2.05, 4.69) is 25.6 Å². The molecule has 0 saturated carbocycles. The minimum Gasteiger partial charge on any atom is -0.373 e. The number of aromatic nitrogens is 7. The Morgan fingerprint density at radius 1 is 1.17 bits per heavy atom. The van der Waals surface area contributed by atoms with E-state index in [0.717, 1.165) is 11.3 Å². The second-order valence-electron chi connectivity index (χ2n) is 7.08. The topological polar surface area (TPSA) is 97.6 Å². The molecule has 5 heterocycles. The number of rotatable bonds is 6. The van der Waals surface area contributed by atoms with Gasteiger partial charge in [0, 0.05) is 25.1 Å². The van der Waals surface area contributed by atoms with Crippen LogP contribution in [0.4, 0.5) is 4.39 Å². The molecule has 1 atom stereocenters. The van der Waals surface area contributed by atoms with Gasteiger partial charge in [0.2, 0.25) is 0 Å². The second kappa shape index (κ2) is 7.32. The molecule has 0 saturated heterocycles. The van der Waals surface area contributed by atoms with Gasteiger partial charge in [-0.3, -0.25) is 5.32 Å². The highest BCUT2D eigenvalue weighted by atomic mass is 19.1. The van der Waals surface area contributed by atoms with Crippen LogP contribution in [0.3, 0.4) is 0 Å². The Morgan fingerprint density at radius 3 is 2.93 bits per heavy atom. The molecule has 2 N–H and O–H groups in total. The quantitative estimate of drug-likeness (QED) is 0.418. The Labute approximate surface area is 170 Å². The van der Waals surface area contributed by atoms with Crippen LogP contribution in [0.2, 0.25) is 0 Å². The highest BCUT2D eigenvalue weighted by Crippen LogP contribution is 2.18. The first-order valence-electron chi connectivity index (χ1n) is 9.43. The van der Waals surface area contributed by atoms with E-state index in [-0.39, 0.29) is 12.4 Å². The van der Waals surface area contributed by atoms with Crippen LogP contribution in [0, 0.1) is 12.7 Å². The van der Waals surface area contributed by atoms with Gasteiger partial charge in [0.15, 0.2) is 12.0 Å². The van der Waals surface area contributed by atoms with Crippen molar-refractivity contribution < 1.29 is 9.50 Å². The molecular formula is C20H19FN8O. The van der Waals surface area contributed by atoms with Crippen LogP contribution in [-0.4, -0.2) is 38.9 Å². The van der Waals surface area contributed by atoms with Crippen LogP contribution in [0.25, 0.3) is 11.2 Å². The van der Waals surface area contributed by atoms with Crippen LogP contribution in [-0.2, 0) is 13.1 Å². The molecular weight excluding hydrogens is 387 g/mol. The molecule has 9 nitrogen and oxygen atoms in total. The fraction of sp³-hybridized carbons (Fsp3) is 0.200.